The van der Waals surface area contributed by atoms with Crippen molar-refractivity contribution in [2.45, 2.75) is 32.2 Å². The molecule has 5 unspecified atom stereocenters. The van der Waals surface area contributed by atoms with Crippen molar-refractivity contribution < 1.29 is 0 Å². The van der Waals surface area contributed by atoms with Crippen molar-refractivity contribution in [3.63, 3.8) is 0 Å². The molecule has 0 bridgehead atoms. The van der Waals surface area contributed by atoms with Gasteiger partial charge in [0.2, 0.25) is 0 Å². The first-order chi connectivity index (χ1) is 6.27. The summed E-state index contributed by atoms with van der Waals surface area (Å²) < 4.78 is 0. The topological polar surface area (TPSA) is 12.0 Å². The summed E-state index contributed by atoms with van der Waals surface area (Å²) in [6, 6.07) is 0.792. The van der Waals surface area contributed by atoms with Crippen LogP contribution in [0.3, 0.4) is 0 Å². The lowest BCUT2D eigenvalue weighted by Crippen LogP contribution is -2.69. The second-order valence-electron chi connectivity index (χ2n) is 5.28. The first-order valence-corrected chi connectivity index (χ1v) is 5.64. The van der Waals surface area contributed by atoms with Gasteiger partial charge in [-0.25, -0.2) is 0 Å². The Balaban J connectivity index is 1.89. The molecule has 0 aromatic rings. The Morgan fingerprint density at radius 3 is 2.62 bits per heavy atom. The molecule has 2 fully saturated rings. The molecule has 0 aromatic carbocycles. The lowest BCUT2D eigenvalue weighted by molar-refractivity contribution is -0.142. The van der Waals surface area contributed by atoms with Crippen molar-refractivity contribution in [1.29, 1.82) is 0 Å². The van der Waals surface area contributed by atoms with Crippen LogP contribution in [0.25, 0.3) is 0 Å². The van der Waals surface area contributed by atoms with Crippen molar-refractivity contribution >= 4 is 0 Å². The molecule has 1 N–H and O–H groups in total. The predicted molar refractivity (Wildman–Crippen MR) is 54.4 cm³/mol. The number of hydrogen-bond donors (Lipinski definition) is 1. The molecule has 72 valence electrons. The molecule has 0 amide bonds. The normalized spacial score (nSPS) is 57.4. The maximum atomic E-state index is 3.49. The van der Waals surface area contributed by atoms with Crippen molar-refractivity contribution in [2.75, 3.05) is 7.05 Å². The van der Waals surface area contributed by atoms with Crippen LogP contribution in [-0.4, -0.2) is 13.1 Å². The molecule has 3 aliphatic rings. The Kier molecular flexibility index (Phi) is 1.48. The minimum absolute atomic E-state index is 0.612. The van der Waals surface area contributed by atoms with E-state index in [1.54, 1.807) is 0 Å². The van der Waals surface area contributed by atoms with Crippen molar-refractivity contribution in [3.05, 3.63) is 12.2 Å². The van der Waals surface area contributed by atoms with E-state index in [9.17, 15) is 0 Å². The standard InChI is InChI=1S/C12H19N/c1-8-3-4-12-9(5-8)6-10(12)7-11(12)13-2/h3-4,8-11,13H,5-7H2,1-2H3. The summed E-state index contributed by atoms with van der Waals surface area (Å²) in [5.74, 6) is 2.86. The largest absolute Gasteiger partial charge is 0.316 e. The van der Waals surface area contributed by atoms with Gasteiger partial charge >= 0.3 is 0 Å². The van der Waals surface area contributed by atoms with Gasteiger partial charge in [-0.1, -0.05) is 19.1 Å². The molecule has 3 aliphatic carbocycles. The van der Waals surface area contributed by atoms with Gasteiger partial charge in [-0.05, 0) is 44.1 Å². The van der Waals surface area contributed by atoms with Crippen molar-refractivity contribution in [1.82, 2.24) is 5.32 Å². The monoisotopic (exact) mass is 177 g/mol. The SMILES string of the molecule is CNC1CC2CC3CC(C)C=CC321. The van der Waals surface area contributed by atoms with E-state index in [-0.39, 0.29) is 0 Å². The van der Waals surface area contributed by atoms with Crippen LogP contribution in [0.2, 0.25) is 0 Å². The summed E-state index contributed by atoms with van der Waals surface area (Å²) in [6.45, 7) is 2.35. The van der Waals surface area contributed by atoms with Gasteiger partial charge < -0.3 is 5.32 Å². The molecule has 0 aromatic heterocycles. The minimum atomic E-state index is 0.612. The second-order valence-corrected chi connectivity index (χ2v) is 5.28. The molecule has 13 heavy (non-hydrogen) atoms. The third-order valence-corrected chi connectivity index (χ3v) is 4.83. The zero-order valence-electron chi connectivity index (χ0n) is 8.59. The molecule has 0 aliphatic heterocycles. The molecule has 0 heterocycles. The highest BCUT2D eigenvalue weighted by Gasteiger charge is 2.65. The van der Waals surface area contributed by atoms with Gasteiger partial charge in [0.1, 0.15) is 0 Å². The average molecular weight is 177 g/mol. The van der Waals surface area contributed by atoms with E-state index in [2.05, 4.69) is 31.4 Å². The number of nitrogens with one attached hydrogen (secondary N) is 1. The lowest BCUT2D eigenvalue weighted by atomic mass is 9.37. The minimum Gasteiger partial charge on any atom is -0.316 e. The van der Waals surface area contributed by atoms with Crippen LogP contribution in [0, 0.1) is 23.2 Å². The molecule has 3 rings (SSSR count). The first-order valence-electron chi connectivity index (χ1n) is 5.64. The van der Waals surface area contributed by atoms with Crippen LogP contribution in [0.5, 0.6) is 0 Å². The van der Waals surface area contributed by atoms with Crippen LogP contribution in [0.1, 0.15) is 26.2 Å². The molecular formula is C12H19N. The Bertz CT molecular complexity index is 258. The van der Waals surface area contributed by atoms with E-state index in [0.717, 1.165) is 23.8 Å². The summed E-state index contributed by atoms with van der Waals surface area (Å²) in [5.41, 5.74) is 0.612. The molecule has 2 saturated carbocycles. The average Bonchev–Trinajstić information content (AvgIpc) is 2.12. The Labute approximate surface area is 80.6 Å². The summed E-state index contributed by atoms with van der Waals surface area (Å²) in [4.78, 5) is 0. The summed E-state index contributed by atoms with van der Waals surface area (Å²) in [5, 5.41) is 3.49. The molecule has 1 spiro atoms. The van der Waals surface area contributed by atoms with Crippen LogP contribution < -0.4 is 5.32 Å². The lowest BCUT2D eigenvalue weighted by Gasteiger charge is -2.69. The molecule has 0 radical (unpaired) electrons. The van der Waals surface area contributed by atoms with Gasteiger partial charge in [-0.15, -0.1) is 0 Å². The fourth-order valence-corrected chi connectivity index (χ4v) is 4.04. The Hall–Kier alpha value is -0.300. The van der Waals surface area contributed by atoms with Gasteiger partial charge in [0.25, 0.3) is 0 Å². The highest BCUT2D eigenvalue weighted by atomic mass is 15.0. The third-order valence-electron chi connectivity index (χ3n) is 4.83. The van der Waals surface area contributed by atoms with Gasteiger partial charge in [0.05, 0.1) is 0 Å². The summed E-state index contributed by atoms with van der Waals surface area (Å²) in [7, 11) is 2.12. The van der Waals surface area contributed by atoms with Gasteiger partial charge in [0.15, 0.2) is 0 Å². The van der Waals surface area contributed by atoms with E-state index in [0.29, 0.717) is 5.41 Å². The van der Waals surface area contributed by atoms with Gasteiger partial charge in [-0.2, -0.15) is 0 Å². The predicted octanol–water partition coefficient (Wildman–Crippen LogP) is 2.20. The fourth-order valence-electron chi connectivity index (χ4n) is 4.04. The Morgan fingerprint density at radius 1 is 1.23 bits per heavy atom. The van der Waals surface area contributed by atoms with Gasteiger partial charge in [0, 0.05) is 11.5 Å². The summed E-state index contributed by atoms with van der Waals surface area (Å²) in [6.07, 6.45) is 9.36. The smallest absolute Gasteiger partial charge is 0.0163 e. The highest BCUT2D eigenvalue weighted by molar-refractivity contribution is 5.27. The van der Waals surface area contributed by atoms with E-state index in [1.807, 2.05) is 0 Å². The highest BCUT2D eigenvalue weighted by Crippen LogP contribution is 2.68. The quantitative estimate of drug-likeness (QED) is 0.605. The van der Waals surface area contributed by atoms with Gasteiger partial charge in [-0.3, -0.25) is 0 Å². The molecule has 5 atom stereocenters. The van der Waals surface area contributed by atoms with Crippen molar-refractivity contribution in [2.24, 2.45) is 23.2 Å². The fraction of sp³-hybridized carbons (Fsp3) is 0.833. The van der Waals surface area contributed by atoms with Crippen LogP contribution in [0.4, 0.5) is 0 Å². The Morgan fingerprint density at radius 2 is 2.00 bits per heavy atom. The van der Waals surface area contributed by atoms with Crippen LogP contribution in [0.15, 0.2) is 12.2 Å². The maximum Gasteiger partial charge on any atom is 0.0163 e. The molecular weight excluding hydrogens is 158 g/mol. The molecule has 0 saturated heterocycles. The third kappa shape index (κ3) is 0.775. The maximum absolute atomic E-state index is 3.49. The number of hydrogen-bond acceptors (Lipinski definition) is 1. The molecule has 1 nitrogen and oxygen atoms in total. The molecule has 1 heteroatoms. The second kappa shape index (κ2) is 2.38. The van der Waals surface area contributed by atoms with E-state index in [4.69, 9.17) is 0 Å². The first kappa shape index (κ1) is 8.05. The number of allylic oxidation sites excluding steroid dienone is 1. The van der Waals surface area contributed by atoms with Crippen LogP contribution >= 0.6 is 0 Å². The van der Waals surface area contributed by atoms with E-state index in [1.165, 1.54) is 19.3 Å². The van der Waals surface area contributed by atoms with E-state index < -0.39 is 0 Å². The number of rotatable bonds is 1. The zero-order valence-corrected chi connectivity index (χ0v) is 8.59. The van der Waals surface area contributed by atoms with E-state index >= 15 is 0 Å². The van der Waals surface area contributed by atoms with Crippen LogP contribution in [-0.2, 0) is 0 Å². The van der Waals surface area contributed by atoms with Crippen molar-refractivity contribution in [3.8, 4) is 0 Å². The summed E-state index contributed by atoms with van der Waals surface area (Å²) >= 11 is 0. The zero-order chi connectivity index (χ0) is 9.05.